The molecule has 0 radical (unpaired) electrons. The van der Waals surface area contributed by atoms with Crippen LogP contribution in [0.15, 0.2) is 103 Å². The maximum Gasteiger partial charge on any atom is 0.339 e. The van der Waals surface area contributed by atoms with Crippen molar-refractivity contribution < 1.29 is 19.1 Å². The van der Waals surface area contributed by atoms with Gasteiger partial charge in [-0.05, 0) is 56.9 Å². The van der Waals surface area contributed by atoms with Gasteiger partial charge in [0.2, 0.25) is 0 Å². The lowest BCUT2D eigenvalue weighted by Gasteiger charge is -2.19. The summed E-state index contributed by atoms with van der Waals surface area (Å²) in [4.78, 5) is 27.0. The number of carbonyl (C=O) groups excluding carboxylic acids is 2. The van der Waals surface area contributed by atoms with Crippen LogP contribution in [0.1, 0.15) is 48.5 Å². The van der Waals surface area contributed by atoms with Crippen LogP contribution in [0.4, 0.5) is 0 Å². The van der Waals surface area contributed by atoms with Gasteiger partial charge >= 0.3 is 11.9 Å². The average Bonchev–Trinajstić information content (AvgIpc) is 3.11. The molecule has 216 valence electrons. The van der Waals surface area contributed by atoms with E-state index in [-0.39, 0.29) is 41.0 Å². The first kappa shape index (κ1) is 28.0. The molecule has 7 rings (SSSR count). The van der Waals surface area contributed by atoms with Crippen molar-refractivity contribution in [2.45, 2.75) is 13.2 Å². The Morgan fingerprint density at radius 2 is 0.935 bits per heavy atom. The summed E-state index contributed by atoms with van der Waals surface area (Å²) in [7, 11) is 0. The summed E-state index contributed by atoms with van der Waals surface area (Å²) < 4.78 is 11.3. The van der Waals surface area contributed by atoms with Crippen LogP contribution in [0.5, 0.6) is 0 Å². The SMILES string of the molecule is N#Cc1ccc2c3c(C#N)cc(C#N)c4c(C(=O)OCc5ccccc5)ccc(c5ccc(C(=O)OCc6ccccc6)c1c52)c43. The molecular formula is C39H21N3O4. The summed E-state index contributed by atoms with van der Waals surface area (Å²) in [6, 6.07) is 36.8. The third-order valence-electron chi connectivity index (χ3n) is 8.23. The molecule has 0 aliphatic heterocycles. The minimum absolute atomic E-state index is 0.0518. The highest BCUT2D eigenvalue weighted by molar-refractivity contribution is 6.37. The fourth-order valence-corrected chi connectivity index (χ4v) is 6.21. The molecule has 0 atom stereocenters. The van der Waals surface area contributed by atoms with Crippen molar-refractivity contribution in [2.75, 3.05) is 0 Å². The number of nitriles is 3. The minimum Gasteiger partial charge on any atom is -0.457 e. The van der Waals surface area contributed by atoms with E-state index < -0.39 is 11.9 Å². The van der Waals surface area contributed by atoms with Crippen LogP contribution in [0.2, 0.25) is 0 Å². The zero-order valence-corrected chi connectivity index (χ0v) is 24.2. The normalized spacial score (nSPS) is 10.9. The van der Waals surface area contributed by atoms with Crippen molar-refractivity contribution in [3.63, 3.8) is 0 Å². The number of fused-ring (bicyclic) bond motifs is 2. The fraction of sp³-hybridized carbons (Fsp3) is 0.0513. The molecule has 7 aromatic rings. The number of carbonyl (C=O) groups is 2. The van der Waals surface area contributed by atoms with E-state index in [1.54, 1.807) is 36.4 Å². The summed E-state index contributed by atoms with van der Waals surface area (Å²) in [6.07, 6.45) is 0. The molecular weight excluding hydrogens is 574 g/mol. The third-order valence-corrected chi connectivity index (χ3v) is 8.23. The van der Waals surface area contributed by atoms with Gasteiger partial charge in [-0.2, -0.15) is 15.8 Å². The van der Waals surface area contributed by atoms with Gasteiger partial charge in [0.15, 0.2) is 0 Å². The summed E-state index contributed by atoms with van der Waals surface area (Å²) in [6.45, 7) is 0.113. The Kier molecular flexibility index (Phi) is 6.95. The van der Waals surface area contributed by atoms with Crippen molar-refractivity contribution in [1.82, 2.24) is 0 Å². The van der Waals surface area contributed by atoms with Gasteiger partial charge in [0.25, 0.3) is 0 Å². The van der Waals surface area contributed by atoms with Gasteiger partial charge < -0.3 is 9.47 Å². The van der Waals surface area contributed by atoms with Crippen LogP contribution in [0.25, 0.3) is 43.1 Å². The third kappa shape index (κ3) is 4.50. The number of esters is 2. The molecule has 0 saturated carbocycles. The molecule has 0 bridgehead atoms. The summed E-state index contributed by atoms with van der Waals surface area (Å²) >= 11 is 0. The van der Waals surface area contributed by atoms with E-state index in [0.29, 0.717) is 43.1 Å². The van der Waals surface area contributed by atoms with Gasteiger partial charge in [-0.25, -0.2) is 9.59 Å². The molecule has 7 aromatic carbocycles. The minimum atomic E-state index is -0.602. The zero-order chi connectivity index (χ0) is 31.8. The van der Waals surface area contributed by atoms with E-state index in [1.807, 2.05) is 60.7 Å². The van der Waals surface area contributed by atoms with E-state index in [4.69, 9.17) is 9.47 Å². The highest BCUT2D eigenvalue weighted by atomic mass is 16.5. The number of nitrogens with zero attached hydrogens (tertiary/aromatic N) is 3. The van der Waals surface area contributed by atoms with E-state index in [1.165, 1.54) is 6.07 Å². The van der Waals surface area contributed by atoms with Crippen molar-refractivity contribution in [3.05, 3.63) is 142 Å². The number of benzene rings is 7. The Hall–Kier alpha value is -6.75. The lowest BCUT2D eigenvalue weighted by molar-refractivity contribution is 0.0466. The second-order valence-electron chi connectivity index (χ2n) is 10.8. The molecule has 7 nitrogen and oxygen atoms in total. The molecule has 0 aliphatic carbocycles. The second-order valence-corrected chi connectivity index (χ2v) is 10.8. The lowest BCUT2D eigenvalue weighted by atomic mass is 9.83. The highest BCUT2D eigenvalue weighted by Gasteiger charge is 2.26. The maximum atomic E-state index is 13.5. The second kappa shape index (κ2) is 11.4. The van der Waals surface area contributed by atoms with Crippen LogP contribution in [0, 0.1) is 34.0 Å². The Morgan fingerprint density at radius 1 is 0.478 bits per heavy atom. The average molecular weight is 596 g/mol. The molecule has 0 spiro atoms. The molecule has 0 aliphatic rings. The molecule has 7 heteroatoms. The Balaban J connectivity index is 1.48. The Morgan fingerprint density at radius 3 is 1.46 bits per heavy atom. The van der Waals surface area contributed by atoms with E-state index in [0.717, 1.165) is 11.1 Å². The number of rotatable bonds is 6. The van der Waals surface area contributed by atoms with E-state index in [2.05, 4.69) is 18.2 Å². The molecule has 0 N–H and O–H groups in total. The molecule has 0 heterocycles. The molecule has 0 fully saturated rings. The van der Waals surface area contributed by atoms with Crippen molar-refractivity contribution in [3.8, 4) is 18.2 Å². The van der Waals surface area contributed by atoms with Gasteiger partial charge in [0, 0.05) is 21.5 Å². The zero-order valence-electron chi connectivity index (χ0n) is 24.2. The molecule has 0 unspecified atom stereocenters. The maximum absolute atomic E-state index is 13.5. The molecule has 0 aromatic heterocycles. The van der Waals surface area contributed by atoms with Crippen LogP contribution in [-0.4, -0.2) is 11.9 Å². The quantitative estimate of drug-likeness (QED) is 0.108. The summed E-state index contributed by atoms with van der Waals surface area (Å²) in [5.74, 6) is -1.19. The summed E-state index contributed by atoms with van der Waals surface area (Å²) in [5.41, 5.74) is 2.74. The van der Waals surface area contributed by atoms with Crippen LogP contribution >= 0.6 is 0 Å². The first-order valence-electron chi connectivity index (χ1n) is 14.4. The van der Waals surface area contributed by atoms with E-state index in [9.17, 15) is 25.4 Å². The predicted molar refractivity (Wildman–Crippen MR) is 173 cm³/mol. The van der Waals surface area contributed by atoms with Gasteiger partial charge in [-0.15, -0.1) is 0 Å². The topological polar surface area (TPSA) is 124 Å². The Bertz CT molecular complexity index is 2490. The van der Waals surface area contributed by atoms with Gasteiger partial charge in [0.1, 0.15) is 13.2 Å². The lowest BCUT2D eigenvalue weighted by Crippen LogP contribution is -2.08. The van der Waals surface area contributed by atoms with Crippen molar-refractivity contribution >= 4 is 55.0 Å². The molecule has 0 amide bonds. The first-order chi connectivity index (χ1) is 22.5. The first-order valence-corrected chi connectivity index (χ1v) is 14.4. The van der Waals surface area contributed by atoms with Gasteiger partial charge in [-0.3, -0.25) is 0 Å². The largest absolute Gasteiger partial charge is 0.457 e. The predicted octanol–water partition coefficient (Wildman–Crippen LogP) is 8.07. The van der Waals surface area contributed by atoms with E-state index >= 15 is 0 Å². The van der Waals surface area contributed by atoms with Crippen molar-refractivity contribution in [2.24, 2.45) is 0 Å². The highest BCUT2D eigenvalue weighted by Crippen LogP contribution is 2.45. The van der Waals surface area contributed by atoms with Crippen LogP contribution in [-0.2, 0) is 22.7 Å². The van der Waals surface area contributed by atoms with Gasteiger partial charge in [0.05, 0.1) is 46.0 Å². The monoisotopic (exact) mass is 595 g/mol. The summed E-state index contributed by atoms with van der Waals surface area (Å²) in [5, 5.41) is 35.0. The van der Waals surface area contributed by atoms with Crippen molar-refractivity contribution in [1.29, 1.82) is 15.8 Å². The molecule has 0 saturated heterocycles. The van der Waals surface area contributed by atoms with Crippen LogP contribution in [0.3, 0.4) is 0 Å². The number of ether oxygens (including phenoxy) is 2. The molecule has 46 heavy (non-hydrogen) atoms. The standard InChI is InChI=1S/C39H21N3O4/c40-18-25-11-12-30-34-26(19-41)17-27(20-42)35-32(39(44)46-22-24-9-5-2-6-10-24)16-14-29(37(34)35)28-13-15-31(33(25)36(28)30)38(43)45-21-23-7-3-1-4-8-23/h1-17H,21-22H2. The number of hydrogen-bond acceptors (Lipinski definition) is 7. The number of hydrogen-bond donors (Lipinski definition) is 0. The van der Waals surface area contributed by atoms with Crippen LogP contribution < -0.4 is 0 Å². The van der Waals surface area contributed by atoms with Gasteiger partial charge in [-0.1, -0.05) is 78.9 Å². The fourth-order valence-electron chi connectivity index (χ4n) is 6.21. The smallest absolute Gasteiger partial charge is 0.339 e. The Labute approximate surface area is 263 Å².